The first-order chi connectivity index (χ1) is 9.60. The van der Waals surface area contributed by atoms with Crippen molar-refractivity contribution in [1.82, 2.24) is 10.2 Å². The van der Waals surface area contributed by atoms with Crippen LogP contribution in [0.4, 0.5) is 0 Å². The van der Waals surface area contributed by atoms with Crippen molar-refractivity contribution in [3.05, 3.63) is 35.4 Å². The second kappa shape index (κ2) is 6.86. The van der Waals surface area contributed by atoms with Crippen molar-refractivity contribution in [2.45, 2.75) is 26.4 Å². The highest BCUT2D eigenvalue weighted by Crippen LogP contribution is 2.13. The lowest BCUT2D eigenvalue weighted by molar-refractivity contribution is 0.0600. The third kappa shape index (κ3) is 3.81. The lowest BCUT2D eigenvalue weighted by atomic mass is 10.0. The highest BCUT2D eigenvalue weighted by atomic mass is 16.5. The lowest BCUT2D eigenvalue weighted by Crippen LogP contribution is -2.52. The minimum atomic E-state index is -0.279. The number of hydrogen-bond acceptors (Lipinski definition) is 4. The largest absolute Gasteiger partial charge is 0.465 e. The van der Waals surface area contributed by atoms with Crippen LogP contribution in [-0.2, 0) is 11.3 Å². The zero-order valence-corrected chi connectivity index (χ0v) is 12.6. The van der Waals surface area contributed by atoms with Crippen LogP contribution in [0.1, 0.15) is 29.8 Å². The SMILES string of the molecule is COC(=O)c1ccc(CN2CCNC(C(C)C)C2)cc1. The number of ether oxygens (including phenoxy) is 1. The van der Waals surface area contributed by atoms with Crippen LogP contribution in [0.5, 0.6) is 0 Å². The van der Waals surface area contributed by atoms with E-state index in [-0.39, 0.29) is 5.97 Å². The molecule has 1 heterocycles. The molecule has 1 aromatic rings. The number of nitrogens with zero attached hydrogens (tertiary/aromatic N) is 1. The number of hydrogen-bond donors (Lipinski definition) is 1. The molecule has 4 nitrogen and oxygen atoms in total. The maximum Gasteiger partial charge on any atom is 0.337 e. The van der Waals surface area contributed by atoms with Crippen molar-refractivity contribution in [1.29, 1.82) is 0 Å². The molecule has 1 N–H and O–H groups in total. The van der Waals surface area contributed by atoms with Crippen LogP contribution in [0.15, 0.2) is 24.3 Å². The summed E-state index contributed by atoms with van der Waals surface area (Å²) in [7, 11) is 1.41. The van der Waals surface area contributed by atoms with Gasteiger partial charge in [0, 0.05) is 32.2 Å². The molecule has 0 radical (unpaired) electrons. The van der Waals surface area contributed by atoms with E-state index in [2.05, 4.69) is 24.1 Å². The van der Waals surface area contributed by atoms with Crippen molar-refractivity contribution in [2.24, 2.45) is 5.92 Å². The number of carbonyl (C=O) groups excluding carboxylic acids is 1. The monoisotopic (exact) mass is 276 g/mol. The molecule has 1 aromatic carbocycles. The summed E-state index contributed by atoms with van der Waals surface area (Å²) in [5, 5.41) is 3.56. The average Bonchev–Trinajstić information content (AvgIpc) is 2.47. The number of piperazine rings is 1. The van der Waals surface area contributed by atoms with E-state index in [0.717, 1.165) is 26.2 Å². The summed E-state index contributed by atoms with van der Waals surface area (Å²) in [6, 6.07) is 8.27. The van der Waals surface area contributed by atoms with Crippen LogP contribution in [0.25, 0.3) is 0 Å². The first-order valence-electron chi connectivity index (χ1n) is 7.23. The van der Waals surface area contributed by atoms with E-state index in [1.807, 2.05) is 24.3 Å². The molecule has 0 amide bonds. The maximum absolute atomic E-state index is 11.4. The molecule has 1 aliphatic heterocycles. The molecule has 1 saturated heterocycles. The van der Waals surface area contributed by atoms with E-state index >= 15 is 0 Å². The fourth-order valence-electron chi connectivity index (χ4n) is 2.55. The van der Waals surface area contributed by atoms with Gasteiger partial charge in [-0.1, -0.05) is 26.0 Å². The third-order valence-electron chi connectivity index (χ3n) is 3.88. The molecule has 1 atom stereocenters. The number of esters is 1. The number of carbonyl (C=O) groups is 1. The van der Waals surface area contributed by atoms with Gasteiger partial charge >= 0.3 is 5.97 Å². The number of benzene rings is 1. The Labute approximate surface area is 121 Å². The first-order valence-corrected chi connectivity index (χ1v) is 7.23. The Morgan fingerprint density at radius 2 is 2.10 bits per heavy atom. The fourth-order valence-corrected chi connectivity index (χ4v) is 2.55. The van der Waals surface area contributed by atoms with E-state index < -0.39 is 0 Å². The maximum atomic E-state index is 11.4. The Hall–Kier alpha value is -1.39. The van der Waals surface area contributed by atoms with Crippen LogP contribution >= 0.6 is 0 Å². The number of nitrogens with one attached hydrogen (secondary N) is 1. The topological polar surface area (TPSA) is 41.6 Å². The van der Waals surface area contributed by atoms with Gasteiger partial charge in [-0.05, 0) is 23.6 Å². The zero-order valence-electron chi connectivity index (χ0n) is 12.6. The summed E-state index contributed by atoms with van der Waals surface area (Å²) in [5.41, 5.74) is 1.85. The molecule has 1 fully saturated rings. The van der Waals surface area contributed by atoms with Gasteiger partial charge in [0.15, 0.2) is 0 Å². The summed E-state index contributed by atoms with van der Waals surface area (Å²) in [4.78, 5) is 13.9. The first kappa shape index (κ1) is 15.0. The smallest absolute Gasteiger partial charge is 0.337 e. The molecule has 2 rings (SSSR count). The Bertz CT molecular complexity index is 442. The molecule has 1 unspecified atom stereocenters. The third-order valence-corrected chi connectivity index (χ3v) is 3.88. The molecule has 0 spiro atoms. The number of rotatable bonds is 4. The fraction of sp³-hybridized carbons (Fsp3) is 0.562. The average molecular weight is 276 g/mol. The van der Waals surface area contributed by atoms with Gasteiger partial charge in [0.1, 0.15) is 0 Å². The Balaban J connectivity index is 1.94. The molecule has 0 aromatic heterocycles. The molecular formula is C16H24N2O2. The predicted molar refractivity (Wildman–Crippen MR) is 79.7 cm³/mol. The van der Waals surface area contributed by atoms with Gasteiger partial charge < -0.3 is 10.1 Å². The van der Waals surface area contributed by atoms with Gasteiger partial charge in [0.25, 0.3) is 0 Å². The van der Waals surface area contributed by atoms with E-state index in [0.29, 0.717) is 17.5 Å². The summed E-state index contributed by atoms with van der Waals surface area (Å²) < 4.78 is 4.71. The van der Waals surface area contributed by atoms with Crippen LogP contribution in [-0.4, -0.2) is 43.7 Å². The summed E-state index contributed by atoms with van der Waals surface area (Å²) in [6.07, 6.45) is 0. The van der Waals surface area contributed by atoms with Crippen molar-refractivity contribution < 1.29 is 9.53 Å². The molecule has 0 bridgehead atoms. The molecule has 20 heavy (non-hydrogen) atoms. The predicted octanol–water partition coefficient (Wildman–Crippen LogP) is 1.90. The van der Waals surface area contributed by atoms with E-state index in [1.54, 1.807) is 0 Å². The van der Waals surface area contributed by atoms with Crippen LogP contribution in [0.3, 0.4) is 0 Å². The Kier molecular flexibility index (Phi) is 5.15. The molecular weight excluding hydrogens is 252 g/mol. The van der Waals surface area contributed by atoms with Crippen molar-refractivity contribution >= 4 is 5.97 Å². The Morgan fingerprint density at radius 3 is 2.70 bits per heavy atom. The van der Waals surface area contributed by atoms with E-state index in [1.165, 1.54) is 12.7 Å². The summed E-state index contributed by atoms with van der Waals surface area (Å²) in [5.74, 6) is 0.373. The zero-order chi connectivity index (χ0) is 14.5. The second-order valence-electron chi connectivity index (χ2n) is 5.73. The van der Waals surface area contributed by atoms with Gasteiger partial charge in [-0.25, -0.2) is 4.79 Å². The Morgan fingerprint density at radius 1 is 1.40 bits per heavy atom. The van der Waals surface area contributed by atoms with Crippen molar-refractivity contribution in [3.63, 3.8) is 0 Å². The summed E-state index contributed by atoms with van der Waals surface area (Å²) >= 11 is 0. The lowest BCUT2D eigenvalue weighted by Gasteiger charge is -2.35. The molecule has 110 valence electrons. The molecule has 4 heteroatoms. The molecule has 0 saturated carbocycles. The van der Waals surface area contributed by atoms with Crippen LogP contribution in [0, 0.1) is 5.92 Å². The van der Waals surface area contributed by atoms with Crippen molar-refractivity contribution in [3.8, 4) is 0 Å². The van der Waals surface area contributed by atoms with Gasteiger partial charge in [-0.3, -0.25) is 4.90 Å². The molecule has 0 aliphatic carbocycles. The standard InChI is InChI=1S/C16H24N2O2/c1-12(2)15-11-18(9-8-17-15)10-13-4-6-14(7-5-13)16(19)20-3/h4-7,12,15,17H,8-11H2,1-3H3. The summed E-state index contributed by atoms with van der Waals surface area (Å²) in [6.45, 7) is 8.65. The minimum Gasteiger partial charge on any atom is -0.465 e. The minimum absolute atomic E-state index is 0.279. The molecule has 1 aliphatic rings. The van der Waals surface area contributed by atoms with E-state index in [4.69, 9.17) is 4.74 Å². The van der Waals surface area contributed by atoms with Crippen molar-refractivity contribution in [2.75, 3.05) is 26.7 Å². The highest BCUT2D eigenvalue weighted by Gasteiger charge is 2.21. The van der Waals surface area contributed by atoms with Crippen LogP contribution < -0.4 is 5.32 Å². The highest BCUT2D eigenvalue weighted by molar-refractivity contribution is 5.89. The van der Waals surface area contributed by atoms with Gasteiger partial charge in [-0.15, -0.1) is 0 Å². The van der Waals surface area contributed by atoms with Gasteiger partial charge in [0.05, 0.1) is 12.7 Å². The number of methoxy groups -OCH3 is 1. The van der Waals surface area contributed by atoms with Gasteiger partial charge in [0.2, 0.25) is 0 Å². The quantitative estimate of drug-likeness (QED) is 0.853. The second-order valence-corrected chi connectivity index (χ2v) is 5.73. The van der Waals surface area contributed by atoms with Crippen LogP contribution in [0.2, 0.25) is 0 Å². The van der Waals surface area contributed by atoms with Gasteiger partial charge in [-0.2, -0.15) is 0 Å². The normalized spacial score (nSPS) is 20.1. The van der Waals surface area contributed by atoms with E-state index in [9.17, 15) is 4.79 Å².